The zero-order chi connectivity index (χ0) is 13.1. The molecule has 1 saturated carbocycles. The van der Waals surface area contributed by atoms with Crippen LogP contribution in [-0.4, -0.2) is 22.1 Å². The van der Waals surface area contributed by atoms with Gasteiger partial charge < -0.3 is 15.0 Å². The fraction of sp³-hybridized carbons (Fsp3) is 0.692. The predicted octanol–water partition coefficient (Wildman–Crippen LogP) is 2.08. The third kappa shape index (κ3) is 2.49. The molecular formula is C13H21N3O2. The fourth-order valence-electron chi connectivity index (χ4n) is 2.64. The molecule has 1 fully saturated rings. The molecule has 0 saturated heterocycles. The van der Waals surface area contributed by atoms with Crippen LogP contribution in [0.4, 0.5) is 5.82 Å². The lowest BCUT2D eigenvalue weighted by molar-refractivity contribution is 0.0521. The molecule has 1 aromatic heterocycles. The third-order valence-corrected chi connectivity index (χ3v) is 3.82. The maximum Gasteiger partial charge on any atom is 0.360 e. The highest BCUT2D eigenvalue weighted by Crippen LogP contribution is 2.33. The molecule has 0 aliphatic heterocycles. The third-order valence-electron chi connectivity index (χ3n) is 3.82. The number of carbonyl (C=O) groups is 1. The molecule has 0 spiro atoms. The molecule has 5 nitrogen and oxygen atoms in total. The molecule has 5 heteroatoms. The Labute approximate surface area is 107 Å². The van der Waals surface area contributed by atoms with Gasteiger partial charge in [-0.25, -0.2) is 9.78 Å². The van der Waals surface area contributed by atoms with Crippen molar-refractivity contribution in [2.45, 2.75) is 39.7 Å². The molecule has 100 valence electrons. The van der Waals surface area contributed by atoms with Crippen molar-refractivity contribution in [3.8, 4) is 0 Å². The summed E-state index contributed by atoms with van der Waals surface area (Å²) in [6.07, 6.45) is 5.44. The van der Waals surface area contributed by atoms with E-state index in [1.165, 1.54) is 19.3 Å². The molecule has 2 unspecified atom stereocenters. The van der Waals surface area contributed by atoms with Crippen LogP contribution >= 0.6 is 0 Å². The van der Waals surface area contributed by atoms with E-state index in [0.717, 1.165) is 12.5 Å². The highest BCUT2D eigenvalue weighted by atomic mass is 16.5. The Hall–Kier alpha value is -1.52. The van der Waals surface area contributed by atoms with E-state index in [2.05, 4.69) is 11.9 Å². The van der Waals surface area contributed by atoms with Gasteiger partial charge in [0.25, 0.3) is 0 Å². The van der Waals surface area contributed by atoms with Gasteiger partial charge in [0.05, 0.1) is 12.9 Å². The van der Waals surface area contributed by atoms with Gasteiger partial charge in [0, 0.05) is 6.54 Å². The Kier molecular flexibility index (Phi) is 3.89. The van der Waals surface area contributed by atoms with E-state index in [1.54, 1.807) is 13.3 Å². The zero-order valence-corrected chi connectivity index (χ0v) is 11.1. The highest BCUT2D eigenvalue weighted by Gasteiger charge is 2.25. The van der Waals surface area contributed by atoms with Crippen LogP contribution in [0.25, 0.3) is 0 Å². The van der Waals surface area contributed by atoms with Gasteiger partial charge >= 0.3 is 5.97 Å². The molecule has 2 rings (SSSR count). The summed E-state index contributed by atoms with van der Waals surface area (Å²) in [5.74, 6) is 1.34. The van der Waals surface area contributed by atoms with Crippen LogP contribution in [0.1, 0.15) is 43.6 Å². The first-order chi connectivity index (χ1) is 8.63. The van der Waals surface area contributed by atoms with Crippen LogP contribution in [0.5, 0.6) is 0 Å². The Bertz CT molecular complexity index is 428. The maximum atomic E-state index is 11.6. The first kappa shape index (κ1) is 12.9. The molecule has 2 atom stereocenters. The van der Waals surface area contributed by atoms with E-state index in [1.807, 2.05) is 4.57 Å². The lowest BCUT2D eigenvalue weighted by Gasteiger charge is -2.16. The number of aromatic nitrogens is 2. The fourth-order valence-corrected chi connectivity index (χ4v) is 2.64. The van der Waals surface area contributed by atoms with Crippen molar-refractivity contribution in [3.63, 3.8) is 0 Å². The Morgan fingerprint density at radius 2 is 2.39 bits per heavy atom. The van der Waals surface area contributed by atoms with Gasteiger partial charge in [-0.3, -0.25) is 0 Å². The van der Waals surface area contributed by atoms with Crippen molar-refractivity contribution >= 4 is 11.8 Å². The second-order valence-corrected chi connectivity index (χ2v) is 5.02. The largest absolute Gasteiger partial charge is 0.461 e. The van der Waals surface area contributed by atoms with Gasteiger partial charge in [-0.2, -0.15) is 0 Å². The van der Waals surface area contributed by atoms with E-state index >= 15 is 0 Å². The topological polar surface area (TPSA) is 70.1 Å². The van der Waals surface area contributed by atoms with Gasteiger partial charge in [0.1, 0.15) is 5.82 Å². The van der Waals surface area contributed by atoms with E-state index in [4.69, 9.17) is 10.5 Å². The first-order valence-corrected chi connectivity index (χ1v) is 6.61. The van der Waals surface area contributed by atoms with Crippen LogP contribution < -0.4 is 5.73 Å². The molecule has 18 heavy (non-hydrogen) atoms. The zero-order valence-electron chi connectivity index (χ0n) is 11.1. The van der Waals surface area contributed by atoms with Gasteiger partial charge in [-0.05, 0) is 25.2 Å². The number of anilines is 1. The highest BCUT2D eigenvalue weighted by molar-refractivity contribution is 5.92. The van der Waals surface area contributed by atoms with Crippen LogP contribution in [0.2, 0.25) is 0 Å². The quantitative estimate of drug-likeness (QED) is 0.832. The molecule has 0 aromatic carbocycles. The molecule has 1 heterocycles. The Morgan fingerprint density at radius 3 is 3.00 bits per heavy atom. The van der Waals surface area contributed by atoms with Crippen molar-refractivity contribution in [1.29, 1.82) is 0 Å². The number of ether oxygens (including phenoxy) is 1. The summed E-state index contributed by atoms with van der Waals surface area (Å²) >= 11 is 0. The summed E-state index contributed by atoms with van der Waals surface area (Å²) in [5, 5.41) is 0. The van der Waals surface area contributed by atoms with Crippen LogP contribution in [0.3, 0.4) is 0 Å². The number of nitrogen functional groups attached to an aromatic ring is 1. The summed E-state index contributed by atoms with van der Waals surface area (Å²) in [5.41, 5.74) is 6.20. The minimum absolute atomic E-state index is 0.238. The standard InChI is InChI=1S/C13H21N3O2/c1-3-18-13(17)11-12(14)16(8-15-11)7-10-6-4-5-9(10)2/h8-10H,3-7,14H2,1-2H3. The van der Waals surface area contributed by atoms with E-state index < -0.39 is 5.97 Å². The minimum Gasteiger partial charge on any atom is -0.461 e. The number of nitrogens with two attached hydrogens (primary N) is 1. The van der Waals surface area contributed by atoms with E-state index in [9.17, 15) is 4.79 Å². The number of carbonyl (C=O) groups excluding carboxylic acids is 1. The average molecular weight is 251 g/mol. The molecule has 1 aliphatic rings. The predicted molar refractivity (Wildman–Crippen MR) is 69.1 cm³/mol. The van der Waals surface area contributed by atoms with Gasteiger partial charge in [0.15, 0.2) is 5.69 Å². The lowest BCUT2D eigenvalue weighted by atomic mass is 9.98. The Morgan fingerprint density at radius 1 is 1.61 bits per heavy atom. The average Bonchev–Trinajstić information content (AvgIpc) is 2.89. The monoisotopic (exact) mass is 251 g/mol. The minimum atomic E-state index is -0.437. The van der Waals surface area contributed by atoms with Crippen LogP contribution in [-0.2, 0) is 11.3 Å². The molecular weight excluding hydrogens is 230 g/mol. The van der Waals surface area contributed by atoms with Crippen molar-refractivity contribution in [1.82, 2.24) is 9.55 Å². The first-order valence-electron chi connectivity index (χ1n) is 6.61. The second-order valence-electron chi connectivity index (χ2n) is 5.02. The SMILES string of the molecule is CCOC(=O)c1ncn(CC2CCCC2C)c1N. The van der Waals surface area contributed by atoms with Gasteiger partial charge in [-0.15, -0.1) is 0 Å². The van der Waals surface area contributed by atoms with E-state index in [0.29, 0.717) is 18.3 Å². The van der Waals surface area contributed by atoms with Crippen molar-refractivity contribution < 1.29 is 9.53 Å². The van der Waals surface area contributed by atoms with Crippen molar-refractivity contribution in [2.75, 3.05) is 12.3 Å². The number of nitrogens with zero attached hydrogens (tertiary/aromatic N) is 2. The number of hydrogen-bond donors (Lipinski definition) is 1. The summed E-state index contributed by atoms with van der Waals surface area (Å²) in [7, 11) is 0. The number of esters is 1. The normalized spacial score (nSPS) is 23.2. The maximum absolute atomic E-state index is 11.6. The van der Waals surface area contributed by atoms with Crippen molar-refractivity contribution in [2.24, 2.45) is 11.8 Å². The molecule has 1 aromatic rings. The summed E-state index contributed by atoms with van der Waals surface area (Å²) in [6, 6.07) is 0. The van der Waals surface area contributed by atoms with Gasteiger partial charge in [-0.1, -0.05) is 19.8 Å². The molecule has 0 amide bonds. The van der Waals surface area contributed by atoms with Crippen molar-refractivity contribution in [3.05, 3.63) is 12.0 Å². The van der Waals surface area contributed by atoms with Crippen LogP contribution in [0.15, 0.2) is 6.33 Å². The summed E-state index contributed by atoms with van der Waals surface area (Å²) < 4.78 is 6.79. The molecule has 0 radical (unpaired) electrons. The number of imidazole rings is 1. The Balaban J connectivity index is 2.08. The second kappa shape index (κ2) is 5.42. The molecule has 1 aliphatic carbocycles. The summed E-state index contributed by atoms with van der Waals surface area (Å²) in [4.78, 5) is 15.7. The van der Waals surface area contributed by atoms with E-state index in [-0.39, 0.29) is 5.69 Å². The molecule has 0 bridgehead atoms. The summed E-state index contributed by atoms with van der Waals surface area (Å²) in [6.45, 7) is 5.23. The molecule has 2 N–H and O–H groups in total. The lowest BCUT2D eigenvalue weighted by Crippen LogP contribution is -2.15. The number of hydrogen-bond acceptors (Lipinski definition) is 4. The smallest absolute Gasteiger partial charge is 0.360 e. The number of rotatable bonds is 4. The van der Waals surface area contributed by atoms with Crippen LogP contribution in [0, 0.1) is 11.8 Å². The van der Waals surface area contributed by atoms with Gasteiger partial charge in [0.2, 0.25) is 0 Å².